The van der Waals surface area contributed by atoms with E-state index in [1.165, 1.54) is 12.1 Å². The number of nitro benzene ring substituents is 1. The normalized spacial score (nSPS) is 8.80. The Morgan fingerprint density at radius 2 is 1.40 bits per heavy atom. The fraction of sp³-hybridized carbons (Fsp3) is 0.500. The fourth-order valence-corrected chi connectivity index (χ4v) is 0.908. The number of ether oxygens (including phenoxy) is 1. The summed E-state index contributed by atoms with van der Waals surface area (Å²) in [5.41, 5.74) is 5.28. The second-order valence-corrected chi connectivity index (χ2v) is 3.59. The summed E-state index contributed by atoms with van der Waals surface area (Å²) in [7, 11) is 0. The van der Waals surface area contributed by atoms with E-state index in [-0.39, 0.29) is 11.4 Å². The molecule has 4 N–H and O–H groups in total. The van der Waals surface area contributed by atoms with E-state index in [0.717, 1.165) is 13.8 Å². The number of carboxylic acid groups (broad SMARTS) is 2. The summed E-state index contributed by atoms with van der Waals surface area (Å²) in [6.45, 7) is 11.8. The Balaban J connectivity index is -0.000000153. The largest absolute Gasteiger partial charge is 0.481 e. The molecule has 146 valence electrons. The third kappa shape index (κ3) is 29.9. The molecule has 1 atom stereocenters. The van der Waals surface area contributed by atoms with Crippen molar-refractivity contribution in [3.63, 3.8) is 0 Å². The molecule has 0 saturated carbocycles. The van der Waals surface area contributed by atoms with E-state index in [0.29, 0.717) is 0 Å². The van der Waals surface area contributed by atoms with Crippen molar-refractivity contribution < 1.29 is 29.5 Å². The number of nitrogens with two attached hydrogens (primary N) is 1. The maximum atomic E-state index is 10.5. The maximum absolute atomic E-state index is 10.5. The van der Waals surface area contributed by atoms with Crippen LogP contribution in [0.3, 0.4) is 0 Å². The van der Waals surface area contributed by atoms with Gasteiger partial charge in [-0.25, -0.2) is 0 Å². The standard InChI is InChI=1S/C8H10N2O3.2C2H4O2.2C2H6/c1-6(9)13-8-5-3-2-4-7(8)10(11)12;2*1-2(3)4;2*1-2/h2-6H,9H2,1H3;2*1H3,(H,3,4);2*1-2H3. The van der Waals surface area contributed by atoms with Gasteiger partial charge in [0.1, 0.15) is 6.23 Å². The molecule has 1 aromatic rings. The van der Waals surface area contributed by atoms with Crippen molar-refractivity contribution in [1.82, 2.24) is 0 Å². The van der Waals surface area contributed by atoms with Gasteiger partial charge in [0.15, 0.2) is 5.75 Å². The molecule has 0 fully saturated rings. The number of carboxylic acids is 2. The molecular weight excluding hydrogens is 332 g/mol. The quantitative estimate of drug-likeness (QED) is 0.419. The molecule has 0 amide bonds. The van der Waals surface area contributed by atoms with Crippen LogP contribution in [0.5, 0.6) is 5.75 Å². The lowest BCUT2D eigenvalue weighted by molar-refractivity contribution is -0.386. The zero-order chi connectivity index (χ0) is 21.0. The van der Waals surface area contributed by atoms with Gasteiger partial charge in [0.25, 0.3) is 11.9 Å². The van der Waals surface area contributed by atoms with Crippen molar-refractivity contribution in [2.24, 2.45) is 5.73 Å². The summed E-state index contributed by atoms with van der Waals surface area (Å²) in [5.74, 6) is -1.47. The molecule has 0 spiro atoms. The van der Waals surface area contributed by atoms with Crippen LogP contribution in [0.25, 0.3) is 0 Å². The first-order valence-electron chi connectivity index (χ1n) is 7.62. The number of nitrogens with zero attached hydrogens (tertiary/aromatic N) is 1. The number of benzene rings is 1. The third-order valence-electron chi connectivity index (χ3n) is 1.37. The molecule has 0 radical (unpaired) electrons. The Kier molecular flexibility index (Phi) is 25.8. The number of hydrogen-bond acceptors (Lipinski definition) is 6. The first-order chi connectivity index (χ1) is 11.6. The summed E-state index contributed by atoms with van der Waals surface area (Å²) >= 11 is 0. The van der Waals surface area contributed by atoms with Crippen LogP contribution in [-0.4, -0.2) is 33.3 Å². The molecule has 1 unspecified atom stereocenters. The summed E-state index contributed by atoms with van der Waals surface area (Å²) < 4.78 is 5.04. The lowest BCUT2D eigenvalue weighted by atomic mass is 10.3. The molecule has 9 nitrogen and oxygen atoms in total. The number of hydrogen-bond donors (Lipinski definition) is 3. The minimum Gasteiger partial charge on any atom is -0.481 e. The topological polar surface area (TPSA) is 153 Å². The number of para-hydroxylation sites is 2. The lowest BCUT2D eigenvalue weighted by Crippen LogP contribution is -2.22. The van der Waals surface area contributed by atoms with Crippen molar-refractivity contribution in [2.45, 2.75) is 54.7 Å². The molecule has 25 heavy (non-hydrogen) atoms. The Morgan fingerprint density at radius 3 is 1.68 bits per heavy atom. The van der Waals surface area contributed by atoms with Crippen molar-refractivity contribution >= 4 is 17.6 Å². The van der Waals surface area contributed by atoms with Crippen LogP contribution in [0, 0.1) is 10.1 Å². The summed E-state index contributed by atoms with van der Waals surface area (Å²) in [5, 5.41) is 25.3. The van der Waals surface area contributed by atoms with Crippen LogP contribution < -0.4 is 10.5 Å². The molecule has 9 heteroatoms. The Hall–Kier alpha value is -2.68. The zero-order valence-electron chi connectivity index (χ0n) is 15.8. The van der Waals surface area contributed by atoms with Gasteiger partial charge in [0.2, 0.25) is 0 Å². The second kappa shape index (κ2) is 21.3. The molecule has 0 aliphatic heterocycles. The summed E-state index contributed by atoms with van der Waals surface area (Å²) in [4.78, 5) is 28.0. The van der Waals surface area contributed by atoms with Crippen LogP contribution in [0.1, 0.15) is 48.5 Å². The number of carbonyl (C=O) groups is 2. The highest BCUT2D eigenvalue weighted by Crippen LogP contribution is 2.25. The van der Waals surface area contributed by atoms with E-state index < -0.39 is 23.1 Å². The molecule has 0 aliphatic rings. The maximum Gasteiger partial charge on any atom is 0.310 e. The van der Waals surface area contributed by atoms with Crippen LogP contribution in [0.4, 0.5) is 5.69 Å². The van der Waals surface area contributed by atoms with Crippen LogP contribution in [0.15, 0.2) is 24.3 Å². The Morgan fingerprint density at radius 1 is 1.08 bits per heavy atom. The van der Waals surface area contributed by atoms with E-state index in [4.69, 9.17) is 30.3 Å². The minimum atomic E-state index is -0.833. The van der Waals surface area contributed by atoms with Crippen LogP contribution in [-0.2, 0) is 9.59 Å². The van der Waals surface area contributed by atoms with Crippen molar-refractivity contribution in [1.29, 1.82) is 0 Å². The molecule has 1 aromatic carbocycles. The minimum absolute atomic E-state index is 0.0696. The number of nitro groups is 1. The van der Waals surface area contributed by atoms with Gasteiger partial charge in [0, 0.05) is 19.9 Å². The molecule has 0 aliphatic carbocycles. The third-order valence-corrected chi connectivity index (χ3v) is 1.37. The highest BCUT2D eigenvalue weighted by molar-refractivity contribution is 5.63. The highest BCUT2D eigenvalue weighted by Gasteiger charge is 2.14. The average Bonchev–Trinajstić information content (AvgIpc) is 2.50. The molecule has 1 rings (SSSR count). The van der Waals surface area contributed by atoms with Crippen molar-refractivity contribution in [3.05, 3.63) is 34.4 Å². The van der Waals surface area contributed by atoms with Gasteiger partial charge in [-0.3, -0.25) is 25.4 Å². The Labute approximate surface area is 148 Å². The molecular formula is C16H30N2O7. The highest BCUT2D eigenvalue weighted by atomic mass is 16.6. The average molecular weight is 362 g/mol. The van der Waals surface area contributed by atoms with Crippen molar-refractivity contribution in [3.8, 4) is 5.75 Å². The predicted octanol–water partition coefficient (Wildman–Crippen LogP) is 3.51. The van der Waals surface area contributed by atoms with Crippen LogP contribution in [0.2, 0.25) is 0 Å². The predicted molar refractivity (Wildman–Crippen MR) is 96.7 cm³/mol. The van der Waals surface area contributed by atoms with Crippen molar-refractivity contribution in [2.75, 3.05) is 0 Å². The first kappa shape index (κ1) is 30.2. The molecule has 0 heterocycles. The van der Waals surface area contributed by atoms with Gasteiger partial charge in [-0.05, 0) is 13.0 Å². The van der Waals surface area contributed by atoms with E-state index in [1.54, 1.807) is 19.1 Å². The molecule has 0 saturated heterocycles. The summed E-state index contributed by atoms with van der Waals surface area (Å²) in [6, 6.07) is 6.12. The monoisotopic (exact) mass is 362 g/mol. The first-order valence-corrected chi connectivity index (χ1v) is 7.62. The lowest BCUT2D eigenvalue weighted by Gasteiger charge is -2.08. The van der Waals surface area contributed by atoms with E-state index in [1.807, 2.05) is 27.7 Å². The smallest absolute Gasteiger partial charge is 0.310 e. The van der Waals surface area contributed by atoms with Gasteiger partial charge in [-0.2, -0.15) is 0 Å². The van der Waals surface area contributed by atoms with E-state index in [9.17, 15) is 10.1 Å². The van der Waals surface area contributed by atoms with Gasteiger partial charge >= 0.3 is 5.69 Å². The second-order valence-electron chi connectivity index (χ2n) is 3.59. The van der Waals surface area contributed by atoms with Gasteiger partial charge in [0.05, 0.1) is 4.92 Å². The molecule has 0 aromatic heterocycles. The van der Waals surface area contributed by atoms with E-state index >= 15 is 0 Å². The number of aliphatic carboxylic acids is 2. The fourth-order valence-electron chi connectivity index (χ4n) is 0.908. The Bertz CT molecular complexity index is 457. The number of rotatable bonds is 3. The van der Waals surface area contributed by atoms with Gasteiger partial charge in [-0.15, -0.1) is 0 Å². The van der Waals surface area contributed by atoms with Crippen LogP contribution >= 0.6 is 0 Å². The SMILES string of the molecule is CC.CC.CC(=O)O.CC(=O)O.CC(N)Oc1ccccc1[N+](=O)[O-]. The van der Waals surface area contributed by atoms with Gasteiger partial charge < -0.3 is 14.9 Å². The molecule has 0 bridgehead atoms. The van der Waals surface area contributed by atoms with Gasteiger partial charge in [-0.1, -0.05) is 39.8 Å². The van der Waals surface area contributed by atoms with E-state index in [2.05, 4.69) is 0 Å². The summed E-state index contributed by atoms with van der Waals surface area (Å²) in [6.07, 6.45) is -0.555. The zero-order valence-corrected chi connectivity index (χ0v) is 15.8.